The second-order valence-corrected chi connectivity index (χ2v) is 6.25. The molecule has 1 heterocycles. The first-order valence-electron chi connectivity index (χ1n) is 8.70. The number of carbonyl (C=O) groups excluding carboxylic acids is 1. The van der Waals surface area contributed by atoms with Crippen molar-refractivity contribution in [1.82, 2.24) is 4.57 Å². The maximum Gasteiger partial charge on any atom is 0.298 e. The molecule has 138 valence electrons. The normalized spacial score (nSPS) is 11.3. The van der Waals surface area contributed by atoms with Crippen molar-refractivity contribution in [2.24, 2.45) is 10.2 Å². The van der Waals surface area contributed by atoms with Crippen molar-refractivity contribution in [3.05, 3.63) is 95.8 Å². The molecule has 28 heavy (non-hydrogen) atoms. The van der Waals surface area contributed by atoms with Crippen molar-refractivity contribution in [3.8, 4) is 5.88 Å². The minimum atomic E-state index is -0.808. The Hall–Kier alpha value is -3.80. The van der Waals surface area contributed by atoms with Crippen LogP contribution in [0.5, 0.6) is 5.88 Å². The van der Waals surface area contributed by atoms with Crippen LogP contribution in [-0.2, 0) is 6.54 Å². The third-order valence-corrected chi connectivity index (χ3v) is 4.45. The lowest BCUT2D eigenvalue weighted by molar-refractivity contribution is 0.0991. The number of azo groups is 1. The second kappa shape index (κ2) is 7.44. The van der Waals surface area contributed by atoms with Crippen LogP contribution in [0.15, 0.2) is 89.1 Å². The number of carbonyl (C=O) groups is 1. The van der Waals surface area contributed by atoms with E-state index in [1.807, 2.05) is 48.5 Å². The van der Waals surface area contributed by atoms with Crippen molar-refractivity contribution in [2.75, 3.05) is 0 Å². The number of halogens is 1. The van der Waals surface area contributed by atoms with Crippen molar-refractivity contribution in [3.63, 3.8) is 0 Å². The van der Waals surface area contributed by atoms with Gasteiger partial charge < -0.3 is 9.67 Å². The Morgan fingerprint density at radius 1 is 0.929 bits per heavy atom. The number of hydrogen-bond acceptors (Lipinski definition) is 3. The molecule has 5 nitrogen and oxygen atoms in total. The third kappa shape index (κ3) is 3.27. The van der Waals surface area contributed by atoms with Gasteiger partial charge in [-0.15, -0.1) is 10.2 Å². The Labute approximate surface area is 160 Å². The van der Waals surface area contributed by atoms with E-state index in [-0.39, 0.29) is 17.1 Å². The number of aromatic hydroxyl groups is 1. The van der Waals surface area contributed by atoms with E-state index in [1.165, 1.54) is 18.2 Å². The number of hydrogen-bond donors (Lipinski definition) is 1. The van der Waals surface area contributed by atoms with Crippen LogP contribution < -0.4 is 0 Å². The highest BCUT2D eigenvalue weighted by Gasteiger charge is 2.17. The van der Waals surface area contributed by atoms with Crippen LogP contribution >= 0.6 is 0 Å². The molecule has 4 rings (SSSR count). The molecule has 0 atom stereocenters. The van der Waals surface area contributed by atoms with Crippen LogP contribution in [-0.4, -0.2) is 15.6 Å². The summed E-state index contributed by atoms with van der Waals surface area (Å²) in [5, 5.41) is 19.0. The van der Waals surface area contributed by atoms with E-state index in [0.29, 0.717) is 11.9 Å². The first-order chi connectivity index (χ1) is 13.6. The minimum absolute atomic E-state index is 0.102. The number of aromatic nitrogens is 1. The van der Waals surface area contributed by atoms with Crippen LogP contribution in [0.3, 0.4) is 0 Å². The molecular formula is C22H16FN3O2. The molecule has 0 bridgehead atoms. The van der Waals surface area contributed by atoms with Crippen LogP contribution in [0.1, 0.15) is 15.9 Å². The van der Waals surface area contributed by atoms with Gasteiger partial charge in [0.1, 0.15) is 5.82 Å². The lowest BCUT2D eigenvalue weighted by atomic mass is 10.2. The Balaban J connectivity index is 1.74. The smallest absolute Gasteiger partial charge is 0.298 e. The molecule has 0 aliphatic rings. The summed E-state index contributed by atoms with van der Waals surface area (Å²) in [7, 11) is 0. The molecule has 0 radical (unpaired) electrons. The maximum absolute atomic E-state index is 13.8. The molecule has 0 unspecified atom stereocenters. The zero-order chi connectivity index (χ0) is 19.5. The van der Waals surface area contributed by atoms with Gasteiger partial charge in [-0.2, -0.15) is 0 Å². The van der Waals surface area contributed by atoms with Gasteiger partial charge in [0.25, 0.3) is 5.91 Å². The molecule has 1 aromatic heterocycles. The zero-order valence-corrected chi connectivity index (χ0v) is 14.8. The fraction of sp³-hybridized carbons (Fsp3) is 0.0455. The maximum atomic E-state index is 13.8. The van der Waals surface area contributed by atoms with Gasteiger partial charge in [-0.25, -0.2) is 4.39 Å². The number of fused-ring (bicyclic) bond motifs is 1. The standard InChI is InChI=1S/C22H16FN3O2/c23-18-12-6-4-10-16(18)21(27)25-24-20-17-11-5-7-13-19(17)26(22(20)28)14-15-8-2-1-3-9-15/h1-13,28H,14H2. The predicted molar refractivity (Wildman–Crippen MR) is 104 cm³/mol. The van der Waals surface area contributed by atoms with Crippen LogP contribution in [0.2, 0.25) is 0 Å². The third-order valence-electron chi connectivity index (χ3n) is 4.45. The predicted octanol–water partition coefficient (Wildman–Crippen LogP) is 5.46. The van der Waals surface area contributed by atoms with Gasteiger partial charge in [-0.3, -0.25) is 4.79 Å². The van der Waals surface area contributed by atoms with Crippen molar-refractivity contribution in [2.45, 2.75) is 6.54 Å². The highest BCUT2D eigenvalue weighted by molar-refractivity contribution is 5.97. The summed E-state index contributed by atoms with van der Waals surface area (Å²) in [4.78, 5) is 12.2. The van der Waals surface area contributed by atoms with E-state index in [9.17, 15) is 14.3 Å². The summed E-state index contributed by atoms with van der Waals surface area (Å²) in [6, 6.07) is 22.6. The lowest BCUT2D eigenvalue weighted by Crippen LogP contribution is -1.98. The first-order valence-corrected chi connectivity index (χ1v) is 8.70. The van der Waals surface area contributed by atoms with Crippen LogP contribution in [0.25, 0.3) is 10.9 Å². The highest BCUT2D eigenvalue weighted by atomic mass is 19.1. The Kier molecular flexibility index (Phi) is 4.68. The summed E-state index contributed by atoms with van der Waals surface area (Å²) in [6.07, 6.45) is 0. The van der Waals surface area contributed by atoms with Gasteiger partial charge in [0.15, 0.2) is 5.69 Å². The fourth-order valence-electron chi connectivity index (χ4n) is 3.08. The van der Waals surface area contributed by atoms with E-state index in [4.69, 9.17) is 0 Å². The quantitative estimate of drug-likeness (QED) is 0.483. The number of benzene rings is 3. The van der Waals surface area contributed by atoms with Crippen molar-refractivity contribution < 1.29 is 14.3 Å². The zero-order valence-electron chi connectivity index (χ0n) is 14.8. The Morgan fingerprint density at radius 2 is 1.61 bits per heavy atom. The molecule has 0 fully saturated rings. The molecule has 3 aromatic carbocycles. The monoisotopic (exact) mass is 373 g/mol. The average Bonchev–Trinajstić information content (AvgIpc) is 2.99. The molecule has 0 saturated heterocycles. The first kappa shape index (κ1) is 17.6. The van der Waals surface area contributed by atoms with Gasteiger partial charge in [0, 0.05) is 5.39 Å². The minimum Gasteiger partial charge on any atom is -0.493 e. The largest absolute Gasteiger partial charge is 0.493 e. The molecule has 0 aliphatic heterocycles. The second-order valence-electron chi connectivity index (χ2n) is 6.25. The molecule has 4 aromatic rings. The molecule has 0 spiro atoms. The summed E-state index contributed by atoms with van der Waals surface area (Å²) in [6.45, 7) is 0.434. The van der Waals surface area contributed by atoms with Crippen LogP contribution in [0, 0.1) is 5.82 Å². The van der Waals surface area contributed by atoms with Gasteiger partial charge in [0.2, 0.25) is 5.88 Å². The number of nitrogens with zero attached hydrogens (tertiary/aromatic N) is 3. The van der Waals surface area contributed by atoms with E-state index in [0.717, 1.165) is 11.1 Å². The molecular weight excluding hydrogens is 357 g/mol. The highest BCUT2D eigenvalue weighted by Crippen LogP contribution is 2.39. The number of para-hydroxylation sites is 1. The summed E-state index contributed by atoms with van der Waals surface area (Å²) in [5.74, 6) is -1.57. The van der Waals surface area contributed by atoms with E-state index < -0.39 is 11.7 Å². The molecule has 1 amide bonds. The SMILES string of the molecule is O=C(N=Nc1c(O)n(Cc2ccccc2)c2ccccc12)c1ccccc1F. The van der Waals surface area contributed by atoms with Gasteiger partial charge in [-0.05, 0) is 23.8 Å². The summed E-state index contributed by atoms with van der Waals surface area (Å²) in [5.41, 5.74) is 1.77. The Bertz CT molecular complexity index is 1180. The van der Waals surface area contributed by atoms with Crippen molar-refractivity contribution >= 4 is 22.5 Å². The fourth-order valence-corrected chi connectivity index (χ4v) is 3.08. The van der Waals surface area contributed by atoms with Crippen LogP contribution in [0.4, 0.5) is 10.1 Å². The van der Waals surface area contributed by atoms with Crippen molar-refractivity contribution in [1.29, 1.82) is 0 Å². The lowest BCUT2D eigenvalue weighted by Gasteiger charge is -2.06. The molecule has 0 saturated carbocycles. The Morgan fingerprint density at radius 3 is 2.39 bits per heavy atom. The number of rotatable bonds is 4. The molecule has 0 aliphatic carbocycles. The average molecular weight is 373 g/mol. The molecule has 6 heteroatoms. The van der Waals surface area contributed by atoms with E-state index in [1.54, 1.807) is 16.7 Å². The summed E-state index contributed by atoms with van der Waals surface area (Å²) >= 11 is 0. The van der Waals surface area contributed by atoms with Gasteiger partial charge in [0.05, 0.1) is 17.6 Å². The van der Waals surface area contributed by atoms with Gasteiger partial charge >= 0.3 is 0 Å². The molecule has 1 N–H and O–H groups in total. The summed E-state index contributed by atoms with van der Waals surface area (Å²) < 4.78 is 15.5. The van der Waals surface area contributed by atoms with E-state index >= 15 is 0 Å². The van der Waals surface area contributed by atoms with E-state index in [2.05, 4.69) is 10.2 Å². The number of amides is 1. The van der Waals surface area contributed by atoms with Gasteiger partial charge in [-0.1, -0.05) is 60.7 Å². The topological polar surface area (TPSA) is 66.9 Å².